The molecular formula is C41H26N8O3S. The zero-order chi connectivity index (χ0) is 36.1. The molecule has 0 bridgehead atoms. The highest BCUT2D eigenvalue weighted by Crippen LogP contribution is 2.40. The first-order chi connectivity index (χ1) is 26.0. The van der Waals surface area contributed by atoms with Crippen LogP contribution in [0.15, 0.2) is 160 Å². The topological polar surface area (TPSA) is 168 Å². The third-order valence-electron chi connectivity index (χ3n) is 9.32. The predicted molar refractivity (Wildman–Crippen MR) is 209 cm³/mol. The van der Waals surface area contributed by atoms with E-state index in [2.05, 4.69) is 26.7 Å². The van der Waals surface area contributed by atoms with Gasteiger partial charge in [0.15, 0.2) is 11.2 Å². The van der Waals surface area contributed by atoms with Crippen LogP contribution in [-0.2, 0) is 0 Å². The summed E-state index contributed by atoms with van der Waals surface area (Å²) in [6.07, 6.45) is 8.37. The summed E-state index contributed by atoms with van der Waals surface area (Å²) >= 11 is 1.63. The van der Waals surface area contributed by atoms with Crippen LogP contribution in [0.3, 0.4) is 0 Å². The third-order valence-corrected chi connectivity index (χ3v) is 10.4. The van der Waals surface area contributed by atoms with Crippen molar-refractivity contribution >= 4 is 77.5 Å². The Bertz CT molecular complexity index is 2820. The van der Waals surface area contributed by atoms with Crippen molar-refractivity contribution in [2.45, 2.75) is 0 Å². The highest BCUT2D eigenvalue weighted by atomic mass is 32.1. The molecule has 5 aromatic carbocycles. The molecule has 0 unspecified atom stereocenters. The molecule has 2 heterocycles. The number of fused-ring (bicyclic) bond motifs is 3. The molecule has 53 heavy (non-hydrogen) atoms. The second-order valence-electron chi connectivity index (χ2n) is 12.2. The van der Waals surface area contributed by atoms with Gasteiger partial charge < -0.3 is 15.3 Å². The summed E-state index contributed by atoms with van der Waals surface area (Å²) in [5, 5.41) is 57.0. The molecule has 4 N–H and O–H groups in total. The Hall–Kier alpha value is -7.31. The van der Waals surface area contributed by atoms with E-state index in [-0.39, 0.29) is 34.2 Å². The number of thiazole rings is 1. The molecule has 0 aliphatic heterocycles. The summed E-state index contributed by atoms with van der Waals surface area (Å²) in [6.45, 7) is 0. The molecule has 0 saturated carbocycles. The molecule has 0 fully saturated rings. The van der Waals surface area contributed by atoms with Crippen molar-refractivity contribution in [2.24, 2.45) is 10.3 Å². The van der Waals surface area contributed by atoms with Crippen LogP contribution in [-0.4, -0.2) is 48.6 Å². The van der Waals surface area contributed by atoms with Gasteiger partial charge in [-0.25, -0.2) is 9.61 Å². The van der Waals surface area contributed by atoms with E-state index in [1.807, 2.05) is 97.1 Å². The number of anilines is 1. The van der Waals surface area contributed by atoms with Gasteiger partial charge in [0.1, 0.15) is 21.9 Å². The van der Waals surface area contributed by atoms with E-state index < -0.39 is 0 Å². The Labute approximate surface area is 305 Å². The molecule has 12 heteroatoms. The minimum Gasteiger partial charge on any atom is -0.410 e. The number of para-hydroxylation sites is 1. The van der Waals surface area contributed by atoms with E-state index >= 15 is 0 Å². The van der Waals surface area contributed by atoms with Crippen LogP contribution in [0.1, 0.15) is 5.56 Å². The molecule has 0 saturated heterocycles. The van der Waals surface area contributed by atoms with Gasteiger partial charge in [-0.15, -0.1) is 11.3 Å². The van der Waals surface area contributed by atoms with Crippen molar-refractivity contribution in [1.29, 1.82) is 10.8 Å². The van der Waals surface area contributed by atoms with Gasteiger partial charge in [0.2, 0.25) is 0 Å². The molecule has 0 atom stereocenters. The van der Waals surface area contributed by atoms with E-state index in [0.29, 0.717) is 22.3 Å². The molecule has 2 aliphatic rings. The molecule has 254 valence electrons. The van der Waals surface area contributed by atoms with E-state index in [9.17, 15) is 15.8 Å². The zero-order valence-electron chi connectivity index (χ0n) is 27.6. The van der Waals surface area contributed by atoms with Crippen LogP contribution in [0.4, 0.5) is 5.69 Å². The Balaban J connectivity index is 1.18. The Morgan fingerprint density at radius 3 is 2.28 bits per heavy atom. The lowest BCUT2D eigenvalue weighted by Gasteiger charge is -2.33. The number of hydrogen-bond donors (Lipinski definition) is 4. The minimum atomic E-state index is -0.109. The number of aromatic nitrogens is 3. The minimum absolute atomic E-state index is 0.0211. The summed E-state index contributed by atoms with van der Waals surface area (Å²) < 4.78 is 6.46. The van der Waals surface area contributed by atoms with Gasteiger partial charge in [0.05, 0.1) is 33.0 Å². The van der Waals surface area contributed by atoms with Crippen molar-refractivity contribution in [3.63, 3.8) is 0 Å². The van der Waals surface area contributed by atoms with Gasteiger partial charge in [-0.2, -0.15) is 0 Å². The van der Waals surface area contributed by atoms with E-state index in [1.54, 1.807) is 40.5 Å². The van der Waals surface area contributed by atoms with Gasteiger partial charge in [0, 0.05) is 16.7 Å². The number of rotatable bonds is 6. The maximum absolute atomic E-state index is 10.5. The normalized spacial score (nSPS) is 16.1. The maximum Gasteiger partial charge on any atom is 0.159 e. The Morgan fingerprint density at radius 1 is 0.679 bits per heavy atom. The van der Waals surface area contributed by atoms with Crippen LogP contribution < -0.4 is 4.90 Å². The van der Waals surface area contributed by atoms with Crippen LogP contribution >= 0.6 is 11.3 Å². The van der Waals surface area contributed by atoms with Crippen LogP contribution in [0.5, 0.6) is 0 Å². The molecular weight excluding hydrogens is 685 g/mol. The molecule has 0 radical (unpaired) electrons. The van der Waals surface area contributed by atoms with Gasteiger partial charge in [-0.05, 0) is 80.8 Å². The lowest BCUT2D eigenvalue weighted by molar-refractivity contribution is 0.315. The number of allylic oxidation sites excluding steroid dienone is 8. The summed E-state index contributed by atoms with van der Waals surface area (Å²) in [6, 6.07) is 33.5. The average molecular weight is 711 g/mol. The highest BCUT2D eigenvalue weighted by Gasteiger charge is 2.34. The van der Waals surface area contributed by atoms with Gasteiger partial charge >= 0.3 is 0 Å². The number of benzene rings is 5. The van der Waals surface area contributed by atoms with Crippen LogP contribution in [0.2, 0.25) is 0 Å². The monoisotopic (exact) mass is 710 g/mol. The fourth-order valence-electron chi connectivity index (χ4n) is 6.79. The second kappa shape index (κ2) is 12.8. The molecule has 0 amide bonds. The maximum atomic E-state index is 10.5. The molecule has 0 spiro atoms. The SMILES string of the molecule is N=C1C(N(C2=CC=C(c3cccc4ccccc34)C(=N)/C2=N\O)c2ccc(-c3ccc(-c4nc5ccccc5s4)cc3)c3nonc23)=CC=C/C1=N/O. The number of nitrogens with one attached hydrogen (secondary N) is 2. The molecule has 7 aromatic rings. The third kappa shape index (κ3) is 5.24. The van der Waals surface area contributed by atoms with E-state index in [4.69, 9.17) is 15.0 Å². The molecule has 2 aliphatic carbocycles. The predicted octanol–water partition coefficient (Wildman–Crippen LogP) is 9.26. The van der Waals surface area contributed by atoms with E-state index in [0.717, 1.165) is 48.3 Å². The first kappa shape index (κ1) is 31.7. The largest absolute Gasteiger partial charge is 0.410 e. The zero-order valence-corrected chi connectivity index (χ0v) is 28.4. The average Bonchev–Trinajstić information content (AvgIpc) is 3.87. The Morgan fingerprint density at radius 2 is 1.45 bits per heavy atom. The summed E-state index contributed by atoms with van der Waals surface area (Å²) in [4.78, 5) is 6.43. The van der Waals surface area contributed by atoms with Crippen molar-refractivity contribution in [2.75, 3.05) is 4.90 Å². The van der Waals surface area contributed by atoms with Crippen molar-refractivity contribution in [3.05, 3.63) is 150 Å². The Kier molecular flexibility index (Phi) is 7.64. The summed E-state index contributed by atoms with van der Waals surface area (Å²) in [5.41, 5.74) is 6.58. The summed E-state index contributed by atoms with van der Waals surface area (Å²) in [7, 11) is 0. The van der Waals surface area contributed by atoms with Gasteiger partial charge in [0.25, 0.3) is 0 Å². The number of nitrogens with zero attached hydrogens (tertiary/aromatic N) is 6. The van der Waals surface area contributed by atoms with Gasteiger partial charge in [-0.3, -0.25) is 10.8 Å². The van der Waals surface area contributed by atoms with Crippen molar-refractivity contribution in [1.82, 2.24) is 15.3 Å². The number of oxime groups is 2. The van der Waals surface area contributed by atoms with Crippen molar-refractivity contribution < 1.29 is 15.0 Å². The highest BCUT2D eigenvalue weighted by molar-refractivity contribution is 7.21. The summed E-state index contributed by atoms with van der Waals surface area (Å²) in [5.74, 6) is 0. The lowest BCUT2D eigenvalue weighted by atomic mass is 9.88. The van der Waals surface area contributed by atoms with E-state index in [1.165, 1.54) is 6.08 Å². The standard InChI is InChI=1S/C41H26N8O3S/c42-36-29(28-10-5-8-23-7-1-2-9-26(23)28)20-22-33(39(36)46-51)49(32-13-6-12-31(45-50)37(32)43)34-21-19-27(38-40(34)48-52-47-38)24-15-17-25(18-16-24)41-44-30-11-3-4-14-35(30)53-41/h1-22,42-43,50-51H/b42-36?,43-37?,45-31-,46-39-. The number of hydrogen-bond acceptors (Lipinski definition) is 12. The van der Waals surface area contributed by atoms with Crippen LogP contribution in [0.25, 0.3) is 59.3 Å². The second-order valence-corrected chi connectivity index (χ2v) is 13.3. The van der Waals surface area contributed by atoms with Gasteiger partial charge in [-0.1, -0.05) is 95.3 Å². The lowest BCUT2D eigenvalue weighted by Crippen LogP contribution is -2.37. The fraction of sp³-hybridized carbons (Fsp3) is 0. The quantitative estimate of drug-likeness (QED) is 0.0758. The van der Waals surface area contributed by atoms with Crippen molar-refractivity contribution in [3.8, 4) is 21.7 Å². The smallest absolute Gasteiger partial charge is 0.159 e. The first-order valence-corrected chi connectivity index (χ1v) is 17.3. The van der Waals surface area contributed by atoms with Crippen LogP contribution in [0, 0.1) is 10.8 Å². The molecule has 2 aromatic heterocycles. The first-order valence-electron chi connectivity index (χ1n) is 16.5. The fourth-order valence-corrected chi connectivity index (χ4v) is 7.76. The molecule has 11 nitrogen and oxygen atoms in total. The molecule has 9 rings (SSSR count).